The molecule has 0 spiro atoms. The van der Waals surface area contributed by atoms with Crippen LogP contribution in [-0.4, -0.2) is 65.0 Å². The average Bonchev–Trinajstić information content (AvgIpc) is 3.55. The fourth-order valence-electron chi connectivity index (χ4n) is 5.58. The van der Waals surface area contributed by atoms with Gasteiger partial charge < -0.3 is 14.4 Å². The van der Waals surface area contributed by atoms with Gasteiger partial charge in [0.25, 0.3) is 5.56 Å². The first kappa shape index (κ1) is 32.2. The number of carbonyl (C=O) groups excluding carboxylic acids is 1. The van der Waals surface area contributed by atoms with Gasteiger partial charge in [0, 0.05) is 32.7 Å². The van der Waals surface area contributed by atoms with Crippen LogP contribution in [-0.2, 0) is 21.5 Å². The summed E-state index contributed by atoms with van der Waals surface area (Å²) in [5.41, 5.74) is -0.927. The number of fused-ring (bicyclic) bond motifs is 1. The maximum atomic E-state index is 15.0. The number of aromatic nitrogens is 2. The molecule has 3 heterocycles. The van der Waals surface area contributed by atoms with Gasteiger partial charge in [-0.05, 0) is 89.1 Å². The third-order valence-corrected chi connectivity index (χ3v) is 9.35. The van der Waals surface area contributed by atoms with Crippen molar-refractivity contribution < 1.29 is 27.1 Å². The molecule has 1 amide bonds. The zero-order chi connectivity index (χ0) is 32.4. The summed E-state index contributed by atoms with van der Waals surface area (Å²) in [5.74, 6) is -1.07. The van der Waals surface area contributed by atoms with Gasteiger partial charge in [0.1, 0.15) is 23.0 Å². The van der Waals surface area contributed by atoms with Crippen LogP contribution in [0.25, 0.3) is 10.9 Å². The van der Waals surface area contributed by atoms with E-state index < -0.39 is 27.4 Å². The second kappa shape index (κ2) is 13.0. The van der Waals surface area contributed by atoms with Crippen LogP contribution in [0.2, 0.25) is 0 Å². The van der Waals surface area contributed by atoms with Gasteiger partial charge in [-0.3, -0.25) is 14.1 Å². The molecule has 0 radical (unpaired) electrons. The Balaban J connectivity index is 1.33. The molecule has 12 nitrogen and oxygen atoms in total. The number of hydrogen-bond donors (Lipinski definition) is 1. The Hall–Kier alpha value is -4.22. The zero-order valence-corrected chi connectivity index (χ0v) is 26.4. The van der Waals surface area contributed by atoms with Crippen molar-refractivity contribution in [2.45, 2.75) is 65.0 Å². The molecule has 2 saturated heterocycles. The Morgan fingerprint density at radius 3 is 2.62 bits per heavy atom. The van der Waals surface area contributed by atoms with Gasteiger partial charge in [-0.15, -0.1) is 0 Å². The first-order valence-electron chi connectivity index (χ1n) is 15.0. The monoisotopic (exact) mass is 640 g/mol. The minimum absolute atomic E-state index is 0.0781. The van der Waals surface area contributed by atoms with Crippen LogP contribution in [0.5, 0.6) is 11.5 Å². The van der Waals surface area contributed by atoms with E-state index in [9.17, 15) is 27.7 Å². The highest BCUT2D eigenvalue weighted by Gasteiger charge is 2.29. The smallest absolute Gasteiger partial charge is 0.410 e. The molecule has 45 heavy (non-hydrogen) atoms. The fourth-order valence-corrected chi connectivity index (χ4v) is 6.89. The lowest BCUT2D eigenvalue weighted by Gasteiger charge is -2.34. The Morgan fingerprint density at radius 1 is 1.16 bits per heavy atom. The molecule has 240 valence electrons. The number of piperidine rings is 1. The van der Waals surface area contributed by atoms with Crippen LogP contribution in [0.3, 0.4) is 0 Å². The molecule has 2 aliphatic heterocycles. The number of aryl methyl sites for hydroxylation is 1. The van der Waals surface area contributed by atoms with Crippen LogP contribution in [0.1, 0.15) is 58.4 Å². The molecule has 14 heteroatoms. The molecule has 1 aromatic heterocycles. The van der Waals surface area contributed by atoms with Crippen LogP contribution < -0.4 is 15.0 Å². The lowest BCUT2D eigenvalue weighted by molar-refractivity contribution is 0.0159. The summed E-state index contributed by atoms with van der Waals surface area (Å²) in [7, 11) is -3.94. The highest BCUT2D eigenvalue weighted by molar-refractivity contribution is 7.90. The van der Waals surface area contributed by atoms with Crippen molar-refractivity contribution in [1.29, 1.82) is 5.26 Å². The molecule has 1 atom stereocenters. The summed E-state index contributed by atoms with van der Waals surface area (Å²) in [4.78, 5) is 32.1. The van der Waals surface area contributed by atoms with E-state index in [4.69, 9.17) is 9.47 Å². The van der Waals surface area contributed by atoms with E-state index in [-0.39, 0.29) is 40.0 Å². The summed E-state index contributed by atoms with van der Waals surface area (Å²) in [5, 5.41) is 10.1. The molecule has 1 N–H and O–H groups in total. The normalized spacial score (nSPS) is 17.7. The van der Waals surface area contributed by atoms with Gasteiger partial charge in [0.05, 0.1) is 22.9 Å². The Kier molecular flexibility index (Phi) is 9.31. The molecule has 1 unspecified atom stereocenters. The summed E-state index contributed by atoms with van der Waals surface area (Å²) < 4.78 is 57.0. The number of benzene rings is 2. The van der Waals surface area contributed by atoms with Crippen LogP contribution in [0, 0.1) is 23.1 Å². The molecule has 0 bridgehead atoms. The highest BCUT2D eigenvalue weighted by atomic mass is 32.2. The Bertz CT molecular complexity index is 1790. The number of nitrogens with one attached hydrogen (secondary N) is 1. The van der Waals surface area contributed by atoms with Crippen molar-refractivity contribution in [2.75, 3.05) is 30.9 Å². The highest BCUT2D eigenvalue weighted by Crippen LogP contribution is 2.34. The molecule has 5 rings (SSSR count). The van der Waals surface area contributed by atoms with E-state index in [1.807, 2.05) is 26.8 Å². The fraction of sp³-hybridized carbons (Fsp3) is 0.484. The van der Waals surface area contributed by atoms with E-state index in [1.165, 1.54) is 33.4 Å². The molecule has 0 aliphatic carbocycles. The maximum absolute atomic E-state index is 15.0. The van der Waals surface area contributed by atoms with Gasteiger partial charge in [-0.1, -0.05) is 0 Å². The van der Waals surface area contributed by atoms with Crippen molar-refractivity contribution in [3.8, 4) is 17.6 Å². The first-order valence-corrected chi connectivity index (χ1v) is 16.4. The molecule has 0 saturated carbocycles. The number of rotatable bonds is 8. The minimum atomic E-state index is -3.94. The Labute approximate surface area is 261 Å². The van der Waals surface area contributed by atoms with Crippen molar-refractivity contribution in [3.05, 3.63) is 58.4 Å². The lowest BCUT2D eigenvalue weighted by atomic mass is 9.95. The van der Waals surface area contributed by atoms with Gasteiger partial charge >= 0.3 is 16.3 Å². The van der Waals surface area contributed by atoms with Crippen molar-refractivity contribution >= 4 is 32.9 Å². The molecular formula is C31H37FN6O6S. The molecule has 2 fully saturated rings. The predicted octanol–water partition coefficient (Wildman–Crippen LogP) is 4.99. The standard InChI is InChI=1S/C31H37FN6O6S/c1-31(2,3)44-30(40)36-13-6-7-21(19-36)12-16-37-20-34-26-10-8-22(17-23(26)29(37)39)43-28-24(18-33)27(11-9-25(28)32)35-45(41,42)38-14-4-5-15-38/h8-11,17,20-21,35H,4-7,12-16,19H2,1-3H3. The number of amides is 1. The van der Waals surface area contributed by atoms with E-state index in [2.05, 4.69) is 9.71 Å². The van der Waals surface area contributed by atoms with E-state index in [1.54, 1.807) is 11.0 Å². The summed E-state index contributed by atoms with van der Waals surface area (Å²) in [6, 6.07) is 8.51. The summed E-state index contributed by atoms with van der Waals surface area (Å²) in [6.07, 6.45) is 5.02. The molecule has 3 aromatic rings. The minimum Gasteiger partial charge on any atom is -0.453 e. The van der Waals surface area contributed by atoms with Crippen molar-refractivity contribution in [1.82, 2.24) is 18.8 Å². The molecule has 2 aromatic carbocycles. The Morgan fingerprint density at radius 2 is 1.91 bits per heavy atom. The lowest BCUT2D eigenvalue weighted by Crippen LogP contribution is -2.43. The van der Waals surface area contributed by atoms with E-state index >= 15 is 0 Å². The van der Waals surface area contributed by atoms with Gasteiger partial charge in [-0.25, -0.2) is 14.2 Å². The zero-order valence-electron chi connectivity index (χ0n) is 25.6. The maximum Gasteiger partial charge on any atom is 0.410 e. The average molecular weight is 641 g/mol. The topological polar surface area (TPSA) is 147 Å². The third kappa shape index (κ3) is 7.54. The number of halogens is 1. The SMILES string of the molecule is CC(C)(C)OC(=O)N1CCCC(CCn2cnc3ccc(Oc4c(F)ccc(NS(=O)(=O)N5CCCC5)c4C#N)cc3c2=O)C1. The summed E-state index contributed by atoms with van der Waals surface area (Å²) in [6.45, 7) is 7.77. The largest absolute Gasteiger partial charge is 0.453 e. The first-order chi connectivity index (χ1) is 21.3. The van der Waals surface area contributed by atoms with Crippen LogP contribution in [0.4, 0.5) is 14.9 Å². The molecular weight excluding hydrogens is 603 g/mol. The van der Waals surface area contributed by atoms with Gasteiger partial charge in [0.2, 0.25) is 0 Å². The number of likely N-dealkylation sites (tertiary alicyclic amines) is 1. The second-order valence-corrected chi connectivity index (χ2v) is 14.0. The van der Waals surface area contributed by atoms with Crippen molar-refractivity contribution in [2.24, 2.45) is 5.92 Å². The van der Waals surface area contributed by atoms with Crippen molar-refractivity contribution in [3.63, 3.8) is 0 Å². The van der Waals surface area contributed by atoms with E-state index in [0.29, 0.717) is 44.7 Å². The quantitative estimate of drug-likeness (QED) is 0.362. The number of ether oxygens (including phenoxy) is 2. The van der Waals surface area contributed by atoms with Gasteiger partial charge in [-0.2, -0.15) is 18.0 Å². The number of nitrogens with zero attached hydrogens (tertiary/aromatic N) is 5. The number of hydrogen-bond acceptors (Lipinski definition) is 8. The number of nitriles is 1. The predicted molar refractivity (Wildman–Crippen MR) is 166 cm³/mol. The van der Waals surface area contributed by atoms with Crippen LogP contribution in [0.15, 0.2) is 41.5 Å². The molecule has 2 aliphatic rings. The number of anilines is 1. The van der Waals surface area contributed by atoms with E-state index in [0.717, 1.165) is 31.7 Å². The number of carbonyl (C=O) groups is 1. The van der Waals surface area contributed by atoms with Crippen LogP contribution >= 0.6 is 0 Å². The summed E-state index contributed by atoms with van der Waals surface area (Å²) >= 11 is 0. The third-order valence-electron chi connectivity index (χ3n) is 7.83. The van der Waals surface area contributed by atoms with Gasteiger partial charge in [0.15, 0.2) is 11.6 Å². The second-order valence-electron chi connectivity index (χ2n) is 12.4.